The molecule has 2 aromatic rings. The van der Waals surface area contributed by atoms with Gasteiger partial charge in [0.2, 0.25) is 17.7 Å². The predicted octanol–water partition coefficient (Wildman–Crippen LogP) is 2.57. The molecule has 3 rings (SSSR count). The van der Waals surface area contributed by atoms with Crippen LogP contribution >= 0.6 is 0 Å². The third-order valence-corrected chi connectivity index (χ3v) is 4.21. The Bertz CT molecular complexity index is 731. The molecule has 1 fully saturated rings. The number of amides is 1. The number of nitrogens with zero attached hydrogens (tertiary/aromatic N) is 4. The first-order chi connectivity index (χ1) is 11.5. The van der Waals surface area contributed by atoms with Crippen molar-refractivity contribution in [3.05, 3.63) is 41.9 Å². The molecule has 24 heavy (non-hydrogen) atoms. The Morgan fingerprint density at radius 1 is 1.38 bits per heavy atom. The molecule has 1 aliphatic heterocycles. The molecule has 2 heterocycles. The van der Waals surface area contributed by atoms with Crippen LogP contribution in [-0.2, 0) is 11.3 Å². The maximum atomic E-state index is 13.9. The van der Waals surface area contributed by atoms with Gasteiger partial charge in [-0.2, -0.15) is 0 Å². The quantitative estimate of drug-likeness (QED) is 0.842. The number of likely N-dealkylation sites (N-methyl/N-ethyl adjacent to an activating group) is 1. The molecule has 1 atom stereocenters. The second-order valence-corrected chi connectivity index (χ2v) is 6.35. The monoisotopic (exact) mass is 332 g/mol. The summed E-state index contributed by atoms with van der Waals surface area (Å²) in [6, 6.07) is 6.02. The van der Waals surface area contributed by atoms with E-state index in [-0.39, 0.29) is 23.7 Å². The molecule has 0 spiro atoms. The normalized spacial score (nSPS) is 18.2. The van der Waals surface area contributed by atoms with E-state index in [0.29, 0.717) is 37.0 Å². The minimum Gasteiger partial charge on any atom is -0.424 e. The Morgan fingerprint density at radius 3 is 2.79 bits per heavy atom. The van der Waals surface area contributed by atoms with E-state index in [9.17, 15) is 9.18 Å². The number of carbonyl (C=O) groups is 1. The summed E-state index contributed by atoms with van der Waals surface area (Å²) in [6.07, 6.45) is 0.634. The van der Waals surface area contributed by atoms with E-state index in [1.54, 1.807) is 18.2 Å². The molecule has 6 nitrogen and oxygen atoms in total. The van der Waals surface area contributed by atoms with Crippen molar-refractivity contribution < 1.29 is 13.6 Å². The minimum absolute atomic E-state index is 0.105. The van der Waals surface area contributed by atoms with Crippen LogP contribution in [0.2, 0.25) is 0 Å². The summed E-state index contributed by atoms with van der Waals surface area (Å²) in [4.78, 5) is 16.0. The topological polar surface area (TPSA) is 62.5 Å². The zero-order valence-corrected chi connectivity index (χ0v) is 14.1. The molecule has 0 aliphatic carbocycles. The number of halogens is 1. The van der Waals surface area contributed by atoms with Gasteiger partial charge in [-0.15, -0.1) is 10.2 Å². The number of hydrogen-bond acceptors (Lipinski definition) is 5. The number of rotatable bonds is 5. The maximum Gasteiger partial charge on any atom is 0.244 e. The Labute approximate surface area is 140 Å². The van der Waals surface area contributed by atoms with Crippen molar-refractivity contribution in [3.63, 3.8) is 0 Å². The van der Waals surface area contributed by atoms with Gasteiger partial charge in [-0.3, -0.25) is 9.69 Å². The molecule has 1 aliphatic rings. The van der Waals surface area contributed by atoms with Crippen LogP contribution in [-0.4, -0.2) is 40.6 Å². The molecule has 0 N–H and O–H groups in total. The summed E-state index contributed by atoms with van der Waals surface area (Å²) in [7, 11) is 1.84. The first kappa shape index (κ1) is 16.6. The van der Waals surface area contributed by atoms with Crippen LogP contribution in [0.4, 0.5) is 10.1 Å². The standard InChI is InChI=1S/C17H21FN4O2/c1-11(2)16-20-19-15(24-16)10-21(3)14-8-9-22(17(14)23)13-7-5-4-6-12(13)18/h4-7,11,14H,8-10H2,1-3H3/t14-/m0/s1. The zero-order chi connectivity index (χ0) is 17.3. The zero-order valence-electron chi connectivity index (χ0n) is 14.1. The van der Waals surface area contributed by atoms with E-state index in [2.05, 4.69) is 10.2 Å². The second-order valence-electron chi connectivity index (χ2n) is 6.35. The highest BCUT2D eigenvalue weighted by atomic mass is 19.1. The lowest BCUT2D eigenvalue weighted by atomic mass is 10.2. The summed E-state index contributed by atoms with van der Waals surface area (Å²) < 4.78 is 19.5. The van der Waals surface area contributed by atoms with Crippen molar-refractivity contribution in [2.75, 3.05) is 18.5 Å². The molecule has 1 aromatic carbocycles. The van der Waals surface area contributed by atoms with Gasteiger partial charge in [0.05, 0.1) is 18.3 Å². The Hall–Kier alpha value is -2.28. The van der Waals surface area contributed by atoms with Crippen molar-refractivity contribution in [2.24, 2.45) is 0 Å². The van der Waals surface area contributed by atoms with Crippen LogP contribution in [0.15, 0.2) is 28.7 Å². The second kappa shape index (κ2) is 6.68. The Morgan fingerprint density at radius 2 is 2.12 bits per heavy atom. The average Bonchev–Trinajstić information content (AvgIpc) is 3.15. The van der Waals surface area contributed by atoms with Crippen LogP contribution in [0.3, 0.4) is 0 Å². The third-order valence-electron chi connectivity index (χ3n) is 4.21. The lowest BCUT2D eigenvalue weighted by Gasteiger charge is -2.22. The van der Waals surface area contributed by atoms with Gasteiger partial charge in [-0.25, -0.2) is 4.39 Å². The van der Waals surface area contributed by atoms with Crippen molar-refractivity contribution in [3.8, 4) is 0 Å². The van der Waals surface area contributed by atoms with E-state index < -0.39 is 0 Å². The van der Waals surface area contributed by atoms with Crippen LogP contribution in [0.25, 0.3) is 0 Å². The first-order valence-corrected chi connectivity index (χ1v) is 8.05. The van der Waals surface area contributed by atoms with Gasteiger partial charge in [0.25, 0.3) is 0 Å². The number of aromatic nitrogens is 2. The fourth-order valence-electron chi connectivity index (χ4n) is 2.87. The number of anilines is 1. The van der Waals surface area contributed by atoms with Gasteiger partial charge in [0, 0.05) is 12.5 Å². The van der Waals surface area contributed by atoms with Gasteiger partial charge in [0.15, 0.2) is 0 Å². The summed E-state index contributed by atoms with van der Waals surface area (Å²) in [6.45, 7) is 4.85. The van der Waals surface area contributed by atoms with Crippen molar-refractivity contribution in [1.29, 1.82) is 0 Å². The van der Waals surface area contributed by atoms with Gasteiger partial charge in [-0.05, 0) is 25.6 Å². The van der Waals surface area contributed by atoms with Crippen LogP contribution < -0.4 is 4.90 Å². The summed E-state index contributed by atoms with van der Waals surface area (Å²) in [5.74, 6) is 0.752. The van der Waals surface area contributed by atoms with Gasteiger partial charge in [0.1, 0.15) is 5.82 Å². The van der Waals surface area contributed by atoms with Crippen molar-refractivity contribution in [1.82, 2.24) is 15.1 Å². The number of benzene rings is 1. The lowest BCUT2D eigenvalue weighted by molar-refractivity contribution is -0.121. The molecule has 0 saturated carbocycles. The van der Waals surface area contributed by atoms with Crippen LogP contribution in [0, 0.1) is 5.82 Å². The largest absolute Gasteiger partial charge is 0.424 e. The smallest absolute Gasteiger partial charge is 0.244 e. The molecule has 128 valence electrons. The fraction of sp³-hybridized carbons (Fsp3) is 0.471. The SMILES string of the molecule is CC(C)c1nnc(CN(C)[C@H]2CCN(c3ccccc3F)C2=O)o1. The first-order valence-electron chi connectivity index (χ1n) is 8.05. The molecule has 0 unspecified atom stereocenters. The molecule has 1 saturated heterocycles. The van der Waals surface area contributed by atoms with Crippen LogP contribution in [0.5, 0.6) is 0 Å². The molecule has 7 heteroatoms. The summed E-state index contributed by atoms with van der Waals surface area (Å²) in [5.41, 5.74) is 0.332. The lowest BCUT2D eigenvalue weighted by Crippen LogP contribution is -2.39. The highest BCUT2D eigenvalue weighted by molar-refractivity contribution is 5.99. The molecular formula is C17H21FN4O2. The highest BCUT2D eigenvalue weighted by Crippen LogP contribution is 2.26. The van der Waals surface area contributed by atoms with Gasteiger partial charge in [-0.1, -0.05) is 26.0 Å². The maximum absolute atomic E-state index is 13.9. The number of hydrogen-bond donors (Lipinski definition) is 0. The van der Waals surface area contributed by atoms with Gasteiger partial charge < -0.3 is 9.32 Å². The van der Waals surface area contributed by atoms with E-state index in [1.165, 1.54) is 11.0 Å². The number of carbonyl (C=O) groups excluding carboxylic acids is 1. The molecule has 1 amide bonds. The molecular weight excluding hydrogens is 311 g/mol. The Kier molecular flexibility index (Phi) is 4.62. The fourth-order valence-corrected chi connectivity index (χ4v) is 2.87. The third kappa shape index (κ3) is 3.17. The van der Waals surface area contributed by atoms with Crippen molar-refractivity contribution >= 4 is 11.6 Å². The highest BCUT2D eigenvalue weighted by Gasteiger charge is 2.36. The van der Waals surface area contributed by atoms with Crippen LogP contribution in [0.1, 0.15) is 38.0 Å². The molecule has 0 radical (unpaired) electrons. The molecule has 1 aromatic heterocycles. The van der Waals surface area contributed by atoms with E-state index in [0.717, 1.165) is 0 Å². The van der Waals surface area contributed by atoms with E-state index in [1.807, 2.05) is 25.8 Å². The minimum atomic E-state index is -0.382. The predicted molar refractivity (Wildman–Crippen MR) is 87.0 cm³/mol. The Balaban J connectivity index is 1.69. The van der Waals surface area contributed by atoms with E-state index >= 15 is 0 Å². The molecule has 0 bridgehead atoms. The summed E-state index contributed by atoms with van der Waals surface area (Å²) in [5, 5.41) is 8.02. The summed E-state index contributed by atoms with van der Waals surface area (Å²) >= 11 is 0. The van der Waals surface area contributed by atoms with E-state index in [4.69, 9.17) is 4.42 Å². The average molecular weight is 332 g/mol. The number of para-hydroxylation sites is 1. The van der Waals surface area contributed by atoms with Crippen molar-refractivity contribution in [2.45, 2.75) is 38.8 Å². The van der Waals surface area contributed by atoms with Gasteiger partial charge >= 0.3 is 0 Å².